The van der Waals surface area contributed by atoms with Crippen LogP contribution in [0.15, 0.2) is 0 Å². The summed E-state index contributed by atoms with van der Waals surface area (Å²) in [6.07, 6.45) is 8.13. The van der Waals surface area contributed by atoms with Gasteiger partial charge in [0.1, 0.15) is 0 Å². The van der Waals surface area contributed by atoms with Crippen molar-refractivity contribution in [2.45, 2.75) is 77.5 Å². The maximum atomic E-state index is 5.40. The Hall–Kier alpha value is -0.0800. The van der Waals surface area contributed by atoms with Gasteiger partial charge in [0.2, 0.25) is 0 Å². The van der Waals surface area contributed by atoms with Crippen LogP contribution in [-0.2, 0) is 4.74 Å². The number of nitrogens with one attached hydrogen (secondary N) is 1. The molecular weight excluding hydrogens is 198 g/mol. The van der Waals surface area contributed by atoms with E-state index < -0.39 is 0 Å². The van der Waals surface area contributed by atoms with E-state index >= 15 is 0 Å². The second-order valence-corrected chi connectivity index (χ2v) is 5.53. The van der Waals surface area contributed by atoms with Gasteiger partial charge in [-0.05, 0) is 44.9 Å². The number of hydrogen-bond donors (Lipinski definition) is 1. The molecule has 1 N–H and O–H groups in total. The molecule has 0 bridgehead atoms. The molecule has 0 radical (unpaired) electrons. The minimum Gasteiger partial charge on any atom is -0.381 e. The molecule has 0 amide bonds. The van der Waals surface area contributed by atoms with Crippen molar-refractivity contribution in [3.63, 3.8) is 0 Å². The Balaban J connectivity index is 2.17. The van der Waals surface area contributed by atoms with E-state index in [9.17, 15) is 0 Å². The molecule has 96 valence electrons. The standard InChI is InChI=1S/C14H29NO/c1-5-11(2)10-12(3)15-13-6-8-14(16-4)9-7-13/h11-15H,5-10H2,1-4H3. The van der Waals surface area contributed by atoms with Crippen LogP contribution >= 0.6 is 0 Å². The van der Waals surface area contributed by atoms with Crippen LogP contribution in [0.2, 0.25) is 0 Å². The highest BCUT2D eigenvalue weighted by Crippen LogP contribution is 2.21. The highest BCUT2D eigenvalue weighted by molar-refractivity contribution is 4.80. The Morgan fingerprint density at radius 3 is 2.31 bits per heavy atom. The van der Waals surface area contributed by atoms with Gasteiger partial charge in [-0.15, -0.1) is 0 Å². The molecule has 0 saturated heterocycles. The van der Waals surface area contributed by atoms with E-state index in [1.807, 2.05) is 7.11 Å². The maximum Gasteiger partial charge on any atom is 0.0572 e. The van der Waals surface area contributed by atoms with E-state index in [0.717, 1.165) is 12.0 Å². The summed E-state index contributed by atoms with van der Waals surface area (Å²) in [5.74, 6) is 0.845. The highest BCUT2D eigenvalue weighted by Gasteiger charge is 2.21. The Kier molecular flexibility index (Phi) is 6.37. The highest BCUT2D eigenvalue weighted by atomic mass is 16.5. The first-order chi connectivity index (χ1) is 7.65. The molecule has 0 aromatic rings. The van der Waals surface area contributed by atoms with E-state index in [-0.39, 0.29) is 0 Å². The Bertz CT molecular complexity index is 176. The zero-order valence-electron chi connectivity index (χ0n) is 11.5. The SMILES string of the molecule is CCC(C)CC(C)NC1CCC(OC)CC1. The molecule has 0 spiro atoms. The summed E-state index contributed by atoms with van der Waals surface area (Å²) in [6.45, 7) is 6.95. The Morgan fingerprint density at radius 2 is 1.81 bits per heavy atom. The van der Waals surface area contributed by atoms with Crippen molar-refractivity contribution in [2.24, 2.45) is 5.92 Å². The van der Waals surface area contributed by atoms with Gasteiger partial charge in [-0.1, -0.05) is 20.3 Å². The molecular formula is C14H29NO. The number of hydrogen-bond acceptors (Lipinski definition) is 2. The largest absolute Gasteiger partial charge is 0.381 e. The zero-order chi connectivity index (χ0) is 12.0. The van der Waals surface area contributed by atoms with Crippen molar-refractivity contribution in [3.8, 4) is 0 Å². The van der Waals surface area contributed by atoms with Crippen molar-refractivity contribution in [1.82, 2.24) is 5.32 Å². The Labute approximate surface area is 101 Å². The second kappa shape index (κ2) is 7.29. The third-order valence-electron chi connectivity index (χ3n) is 3.98. The summed E-state index contributed by atoms with van der Waals surface area (Å²) in [6, 6.07) is 1.39. The topological polar surface area (TPSA) is 21.3 Å². The van der Waals surface area contributed by atoms with Gasteiger partial charge in [0.05, 0.1) is 6.10 Å². The molecule has 2 nitrogen and oxygen atoms in total. The normalized spacial score (nSPS) is 30.0. The fraction of sp³-hybridized carbons (Fsp3) is 1.00. The fourth-order valence-corrected chi connectivity index (χ4v) is 2.71. The van der Waals surface area contributed by atoms with Crippen molar-refractivity contribution in [1.29, 1.82) is 0 Å². The number of ether oxygens (including phenoxy) is 1. The maximum absolute atomic E-state index is 5.40. The molecule has 1 saturated carbocycles. The van der Waals surface area contributed by atoms with E-state index in [2.05, 4.69) is 26.1 Å². The molecule has 0 aromatic carbocycles. The Morgan fingerprint density at radius 1 is 1.19 bits per heavy atom. The first kappa shape index (κ1) is 14.0. The second-order valence-electron chi connectivity index (χ2n) is 5.53. The average molecular weight is 227 g/mol. The smallest absolute Gasteiger partial charge is 0.0572 e. The molecule has 2 atom stereocenters. The minimum absolute atomic E-state index is 0.517. The molecule has 0 aromatic heterocycles. The summed E-state index contributed by atoms with van der Waals surface area (Å²) in [5, 5.41) is 3.77. The zero-order valence-corrected chi connectivity index (χ0v) is 11.5. The predicted molar refractivity (Wildman–Crippen MR) is 69.7 cm³/mol. The lowest BCUT2D eigenvalue weighted by atomic mass is 9.91. The van der Waals surface area contributed by atoms with E-state index in [0.29, 0.717) is 12.1 Å². The number of rotatable bonds is 6. The summed E-state index contributed by atoms with van der Waals surface area (Å²) in [4.78, 5) is 0. The minimum atomic E-state index is 0.517. The first-order valence-corrected chi connectivity index (χ1v) is 6.94. The van der Waals surface area contributed by atoms with Crippen LogP contribution in [0, 0.1) is 5.92 Å². The van der Waals surface area contributed by atoms with Crippen LogP contribution in [0.5, 0.6) is 0 Å². The van der Waals surface area contributed by atoms with Gasteiger partial charge in [0.15, 0.2) is 0 Å². The lowest BCUT2D eigenvalue weighted by Crippen LogP contribution is -2.40. The van der Waals surface area contributed by atoms with E-state index in [1.54, 1.807) is 0 Å². The molecule has 16 heavy (non-hydrogen) atoms. The van der Waals surface area contributed by atoms with Gasteiger partial charge in [0, 0.05) is 19.2 Å². The summed E-state index contributed by atoms with van der Waals surface area (Å²) < 4.78 is 5.40. The van der Waals surface area contributed by atoms with Gasteiger partial charge in [-0.25, -0.2) is 0 Å². The van der Waals surface area contributed by atoms with Gasteiger partial charge in [0.25, 0.3) is 0 Å². The van der Waals surface area contributed by atoms with Crippen molar-refractivity contribution < 1.29 is 4.74 Å². The van der Waals surface area contributed by atoms with Crippen LogP contribution in [-0.4, -0.2) is 25.3 Å². The lowest BCUT2D eigenvalue weighted by molar-refractivity contribution is 0.0610. The van der Waals surface area contributed by atoms with E-state index in [1.165, 1.54) is 38.5 Å². The molecule has 0 heterocycles. The molecule has 2 heteroatoms. The number of methoxy groups -OCH3 is 1. The molecule has 1 aliphatic rings. The van der Waals surface area contributed by atoms with Crippen LogP contribution in [0.25, 0.3) is 0 Å². The monoisotopic (exact) mass is 227 g/mol. The quantitative estimate of drug-likeness (QED) is 0.751. The van der Waals surface area contributed by atoms with Crippen LogP contribution in [0.3, 0.4) is 0 Å². The van der Waals surface area contributed by atoms with Crippen LogP contribution in [0.4, 0.5) is 0 Å². The van der Waals surface area contributed by atoms with Gasteiger partial charge in [-0.3, -0.25) is 0 Å². The van der Waals surface area contributed by atoms with Gasteiger partial charge < -0.3 is 10.1 Å². The molecule has 1 rings (SSSR count). The van der Waals surface area contributed by atoms with Crippen molar-refractivity contribution in [2.75, 3.05) is 7.11 Å². The molecule has 0 aliphatic heterocycles. The van der Waals surface area contributed by atoms with Crippen LogP contribution in [0.1, 0.15) is 59.3 Å². The first-order valence-electron chi connectivity index (χ1n) is 6.94. The summed E-state index contributed by atoms with van der Waals surface area (Å²) in [7, 11) is 1.84. The summed E-state index contributed by atoms with van der Waals surface area (Å²) >= 11 is 0. The van der Waals surface area contributed by atoms with Gasteiger partial charge >= 0.3 is 0 Å². The third-order valence-corrected chi connectivity index (χ3v) is 3.98. The molecule has 1 aliphatic carbocycles. The summed E-state index contributed by atoms with van der Waals surface area (Å²) in [5.41, 5.74) is 0. The predicted octanol–water partition coefficient (Wildman–Crippen LogP) is 3.36. The van der Waals surface area contributed by atoms with Crippen molar-refractivity contribution in [3.05, 3.63) is 0 Å². The van der Waals surface area contributed by atoms with Gasteiger partial charge in [-0.2, -0.15) is 0 Å². The molecule has 1 fully saturated rings. The van der Waals surface area contributed by atoms with E-state index in [4.69, 9.17) is 4.74 Å². The molecule has 2 unspecified atom stereocenters. The average Bonchev–Trinajstić information content (AvgIpc) is 2.29. The van der Waals surface area contributed by atoms with Crippen molar-refractivity contribution >= 4 is 0 Å². The third kappa shape index (κ3) is 4.84. The lowest BCUT2D eigenvalue weighted by Gasteiger charge is -2.31. The fourth-order valence-electron chi connectivity index (χ4n) is 2.71. The van der Waals surface area contributed by atoms with Crippen LogP contribution < -0.4 is 5.32 Å².